The van der Waals surface area contributed by atoms with Crippen LogP contribution < -0.4 is 0 Å². The lowest BCUT2D eigenvalue weighted by Gasteiger charge is -2.12. The van der Waals surface area contributed by atoms with Crippen LogP contribution in [0.1, 0.15) is 23.9 Å². The SMILES string of the molecule is CC(=O)ON(C)C(=O)C=Cc1ccc(-n2c(C)ccc2C)cc1. The fraction of sp³-hybridized carbons (Fsp3) is 0.222. The zero-order chi connectivity index (χ0) is 17.0. The van der Waals surface area contributed by atoms with Gasteiger partial charge in [-0.15, -0.1) is 0 Å². The van der Waals surface area contributed by atoms with E-state index in [4.69, 9.17) is 0 Å². The van der Waals surface area contributed by atoms with E-state index in [1.807, 2.05) is 24.3 Å². The third kappa shape index (κ3) is 4.10. The Labute approximate surface area is 135 Å². The van der Waals surface area contributed by atoms with Gasteiger partial charge in [0, 0.05) is 37.1 Å². The van der Waals surface area contributed by atoms with E-state index < -0.39 is 11.9 Å². The predicted octanol–water partition coefficient (Wildman–Crippen LogP) is 3.04. The second-order valence-electron chi connectivity index (χ2n) is 5.29. The van der Waals surface area contributed by atoms with Gasteiger partial charge in [-0.3, -0.25) is 9.59 Å². The van der Waals surface area contributed by atoms with Gasteiger partial charge in [0.2, 0.25) is 0 Å². The van der Waals surface area contributed by atoms with E-state index in [0.29, 0.717) is 0 Å². The second-order valence-corrected chi connectivity index (χ2v) is 5.29. The van der Waals surface area contributed by atoms with Crippen molar-refractivity contribution in [1.29, 1.82) is 0 Å². The van der Waals surface area contributed by atoms with Crippen molar-refractivity contribution in [3.63, 3.8) is 0 Å². The quantitative estimate of drug-likeness (QED) is 0.646. The van der Waals surface area contributed by atoms with Crippen LogP contribution in [0.4, 0.5) is 0 Å². The van der Waals surface area contributed by atoms with Gasteiger partial charge in [-0.05, 0) is 49.8 Å². The third-order valence-corrected chi connectivity index (χ3v) is 3.42. The van der Waals surface area contributed by atoms with Crippen molar-refractivity contribution < 1.29 is 14.4 Å². The summed E-state index contributed by atoms with van der Waals surface area (Å²) < 4.78 is 2.16. The molecule has 0 saturated carbocycles. The molecule has 0 spiro atoms. The summed E-state index contributed by atoms with van der Waals surface area (Å²) in [6.45, 7) is 5.37. The van der Waals surface area contributed by atoms with Crippen LogP contribution in [0.15, 0.2) is 42.5 Å². The number of carbonyl (C=O) groups is 2. The van der Waals surface area contributed by atoms with Crippen molar-refractivity contribution in [2.24, 2.45) is 0 Å². The number of rotatable bonds is 3. The first kappa shape index (κ1) is 16.5. The summed E-state index contributed by atoms with van der Waals surface area (Å²) in [5.41, 5.74) is 4.30. The Hall–Kier alpha value is -2.82. The number of carbonyl (C=O) groups excluding carboxylic acids is 2. The maximum absolute atomic E-state index is 11.8. The average molecular weight is 312 g/mol. The summed E-state index contributed by atoms with van der Waals surface area (Å²) in [5, 5.41) is 0.903. The number of benzene rings is 1. The van der Waals surface area contributed by atoms with Crippen molar-refractivity contribution in [2.45, 2.75) is 20.8 Å². The molecule has 1 aromatic carbocycles. The van der Waals surface area contributed by atoms with Gasteiger partial charge in [-0.2, -0.15) is 5.06 Å². The Balaban J connectivity index is 2.10. The van der Waals surface area contributed by atoms with E-state index in [9.17, 15) is 9.59 Å². The van der Waals surface area contributed by atoms with Crippen molar-refractivity contribution in [3.8, 4) is 5.69 Å². The Morgan fingerprint density at radius 2 is 1.61 bits per heavy atom. The molecular weight excluding hydrogens is 292 g/mol. The zero-order valence-corrected chi connectivity index (χ0v) is 13.7. The fourth-order valence-corrected chi connectivity index (χ4v) is 2.32. The smallest absolute Gasteiger partial charge is 0.329 e. The van der Waals surface area contributed by atoms with Gasteiger partial charge >= 0.3 is 5.97 Å². The minimum atomic E-state index is -0.531. The van der Waals surface area contributed by atoms with Crippen LogP contribution in [0.5, 0.6) is 0 Å². The number of hydrogen-bond acceptors (Lipinski definition) is 3. The van der Waals surface area contributed by atoms with Crippen molar-refractivity contribution in [3.05, 3.63) is 59.4 Å². The van der Waals surface area contributed by atoms with Gasteiger partial charge in [-0.25, -0.2) is 0 Å². The molecule has 0 aliphatic carbocycles. The summed E-state index contributed by atoms with van der Waals surface area (Å²) in [7, 11) is 1.40. The Morgan fingerprint density at radius 1 is 1.04 bits per heavy atom. The molecule has 0 aliphatic heterocycles. The van der Waals surface area contributed by atoms with Crippen molar-refractivity contribution in [1.82, 2.24) is 9.63 Å². The number of hydrogen-bond donors (Lipinski definition) is 0. The lowest BCUT2D eigenvalue weighted by Crippen LogP contribution is -2.27. The van der Waals surface area contributed by atoms with E-state index in [1.165, 1.54) is 31.4 Å². The van der Waals surface area contributed by atoms with Crippen LogP contribution in [0.2, 0.25) is 0 Å². The molecule has 0 unspecified atom stereocenters. The van der Waals surface area contributed by atoms with Gasteiger partial charge in [0.05, 0.1) is 0 Å². The first-order valence-corrected chi connectivity index (χ1v) is 7.28. The highest BCUT2D eigenvalue weighted by atomic mass is 16.7. The third-order valence-electron chi connectivity index (χ3n) is 3.42. The number of aromatic nitrogens is 1. The minimum Gasteiger partial charge on any atom is -0.338 e. The summed E-state index contributed by atoms with van der Waals surface area (Å²) in [5.74, 6) is -0.933. The lowest BCUT2D eigenvalue weighted by atomic mass is 10.2. The van der Waals surface area contributed by atoms with Gasteiger partial charge in [-0.1, -0.05) is 12.1 Å². The Kier molecular flexibility index (Phi) is 5.01. The molecule has 0 fully saturated rings. The normalized spacial score (nSPS) is 10.8. The first-order valence-electron chi connectivity index (χ1n) is 7.28. The standard InChI is InChI=1S/C18H20N2O3/c1-13-5-6-14(2)20(13)17-10-7-16(8-11-17)9-12-18(22)19(4)23-15(3)21/h5-12H,1-4H3. The molecule has 5 heteroatoms. The number of likely N-dealkylation sites (N-methyl/N-ethyl adjacent to an activating group) is 1. The maximum Gasteiger partial charge on any atom is 0.329 e. The molecular formula is C18H20N2O3. The molecule has 0 N–H and O–H groups in total. The first-order chi connectivity index (χ1) is 10.9. The molecule has 1 heterocycles. The van der Waals surface area contributed by atoms with Gasteiger partial charge in [0.15, 0.2) is 0 Å². The monoisotopic (exact) mass is 312 g/mol. The number of aryl methyl sites for hydroxylation is 2. The molecule has 0 aliphatic rings. The second kappa shape index (κ2) is 6.96. The number of hydroxylamine groups is 2. The summed E-state index contributed by atoms with van der Waals surface area (Å²) in [6.07, 6.45) is 3.05. The highest BCUT2D eigenvalue weighted by Gasteiger charge is 2.08. The summed E-state index contributed by atoms with van der Waals surface area (Å²) in [4.78, 5) is 27.2. The summed E-state index contributed by atoms with van der Waals surface area (Å²) >= 11 is 0. The lowest BCUT2D eigenvalue weighted by molar-refractivity contribution is -0.187. The van der Waals surface area contributed by atoms with E-state index in [1.54, 1.807) is 6.08 Å². The zero-order valence-electron chi connectivity index (χ0n) is 13.7. The average Bonchev–Trinajstić information content (AvgIpc) is 2.84. The summed E-state index contributed by atoms with van der Waals surface area (Å²) in [6, 6.07) is 12.0. The molecule has 1 amide bonds. The van der Waals surface area contributed by atoms with Crippen molar-refractivity contribution >= 4 is 18.0 Å². The topological polar surface area (TPSA) is 51.5 Å². The molecule has 120 valence electrons. The van der Waals surface area contributed by atoms with Gasteiger partial charge < -0.3 is 9.40 Å². The molecule has 0 saturated heterocycles. The molecule has 23 heavy (non-hydrogen) atoms. The van der Waals surface area contributed by atoms with E-state index in [0.717, 1.165) is 16.3 Å². The fourth-order valence-electron chi connectivity index (χ4n) is 2.32. The van der Waals surface area contributed by atoms with Crippen LogP contribution >= 0.6 is 0 Å². The number of nitrogens with zero attached hydrogens (tertiary/aromatic N) is 2. The van der Waals surface area contributed by atoms with Gasteiger partial charge in [0.25, 0.3) is 5.91 Å². The highest BCUT2D eigenvalue weighted by Crippen LogP contribution is 2.17. The molecule has 2 aromatic rings. The minimum absolute atomic E-state index is 0.402. The molecule has 5 nitrogen and oxygen atoms in total. The molecule has 0 bridgehead atoms. The molecule has 0 atom stereocenters. The van der Waals surface area contributed by atoms with Crippen LogP contribution in [-0.2, 0) is 14.4 Å². The Morgan fingerprint density at radius 3 is 2.13 bits per heavy atom. The maximum atomic E-state index is 11.8. The molecule has 1 aromatic heterocycles. The Bertz CT molecular complexity index is 723. The molecule has 2 rings (SSSR count). The van der Waals surface area contributed by atoms with E-state index in [2.05, 4.69) is 35.4 Å². The van der Waals surface area contributed by atoms with Gasteiger partial charge in [0.1, 0.15) is 0 Å². The van der Waals surface area contributed by atoms with Crippen molar-refractivity contribution in [2.75, 3.05) is 7.05 Å². The highest BCUT2D eigenvalue weighted by molar-refractivity contribution is 5.91. The molecule has 0 radical (unpaired) electrons. The van der Waals surface area contributed by atoms with Crippen LogP contribution in [0.3, 0.4) is 0 Å². The van der Waals surface area contributed by atoms with E-state index in [-0.39, 0.29) is 0 Å². The van der Waals surface area contributed by atoms with Crippen LogP contribution in [0.25, 0.3) is 11.8 Å². The predicted molar refractivity (Wildman–Crippen MR) is 88.8 cm³/mol. The van der Waals surface area contributed by atoms with Crippen LogP contribution in [-0.4, -0.2) is 28.6 Å². The number of amides is 1. The largest absolute Gasteiger partial charge is 0.338 e. The van der Waals surface area contributed by atoms with Crippen LogP contribution in [0, 0.1) is 13.8 Å². The van der Waals surface area contributed by atoms with E-state index >= 15 is 0 Å².